The number of cyclic esters (lactones) is 1. The van der Waals surface area contributed by atoms with Crippen LogP contribution in [-0.2, 0) is 9.53 Å². The second-order valence-corrected chi connectivity index (χ2v) is 2.66. The van der Waals surface area contributed by atoms with Crippen LogP contribution in [0.5, 0.6) is 0 Å². The maximum Gasteiger partial charge on any atom is 0.306 e. The molecule has 3 heteroatoms. The fourth-order valence-electron chi connectivity index (χ4n) is 1.14. The number of ether oxygens (including phenoxy) is 1. The summed E-state index contributed by atoms with van der Waals surface area (Å²) in [6.45, 7) is 3.49. The Kier molecular flexibility index (Phi) is 2.65. The van der Waals surface area contributed by atoms with E-state index in [2.05, 4.69) is 6.58 Å². The molecule has 0 aromatic carbocycles. The third-order valence-corrected chi connectivity index (χ3v) is 1.75. The van der Waals surface area contributed by atoms with E-state index in [1.165, 1.54) is 0 Å². The minimum absolute atomic E-state index is 0.210. The monoisotopic (exact) mass is 156 g/mol. The Morgan fingerprint density at radius 1 is 1.91 bits per heavy atom. The fraction of sp³-hybridized carbons (Fsp3) is 0.625. The molecule has 0 unspecified atom stereocenters. The molecule has 2 atom stereocenters. The summed E-state index contributed by atoms with van der Waals surface area (Å²) in [5.74, 6) is -0.210. The van der Waals surface area contributed by atoms with E-state index in [1.54, 1.807) is 6.08 Å². The van der Waals surface area contributed by atoms with Crippen LogP contribution in [0.25, 0.3) is 0 Å². The van der Waals surface area contributed by atoms with E-state index in [4.69, 9.17) is 4.74 Å². The van der Waals surface area contributed by atoms with Crippen molar-refractivity contribution < 1.29 is 14.6 Å². The zero-order valence-corrected chi connectivity index (χ0v) is 6.32. The minimum atomic E-state index is -0.570. The Labute approximate surface area is 65.7 Å². The molecule has 1 rings (SSSR count). The second kappa shape index (κ2) is 3.53. The van der Waals surface area contributed by atoms with Gasteiger partial charge in [-0.05, 0) is 12.8 Å². The molecule has 1 saturated heterocycles. The first-order valence-electron chi connectivity index (χ1n) is 3.72. The van der Waals surface area contributed by atoms with Crippen molar-refractivity contribution in [3.05, 3.63) is 12.7 Å². The highest BCUT2D eigenvalue weighted by Gasteiger charge is 2.28. The predicted octanol–water partition coefficient (Wildman–Crippen LogP) is 0.629. The van der Waals surface area contributed by atoms with Crippen molar-refractivity contribution in [2.75, 3.05) is 0 Å². The van der Waals surface area contributed by atoms with Crippen molar-refractivity contribution in [1.82, 2.24) is 0 Å². The molecule has 0 radical (unpaired) electrons. The van der Waals surface area contributed by atoms with Crippen molar-refractivity contribution >= 4 is 5.97 Å². The molecule has 1 fully saturated rings. The van der Waals surface area contributed by atoms with Crippen molar-refractivity contribution in [3.63, 3.8) is 0 Å². The van der Waals surface area contributed by atoms with Gasteiger partial charge in [-0.25, -0.2) is 0 Å². The van der Waals surface area contributed by atoms with Crippen LogP contribution in [0, 0.1) is 0 Å². The van der Waals surface area contributed by atoms with E-state index in [-0.39, 0.29) is 12.1 Å². The largest absolute Gasteiger partial charge is 0.460 e. The van der Waals surface area contributed by atoms with Crippen LogP contribution < -0.4 is 0 Å². The lowest BCUT2D eigenvalue weighted by molar-refractivity contribution is -0.145. The standard InChI is InChI=1S/C8H12O3/c1-2-3-6(9)7-4-5-8(10)11-7/h2,6-7,9H,1,3-5H2/t6-,7-/m0/s1. The number of rotatable bonds is 3. The molecule has 0 spiro atoms. The van der Waals surface area contributed by atoms with Gasteiger partial charge < -0.3 is 9.84 Å². The van der Waals surface area contributed by atoms with Gasteiger partial charge in [0.25, 0.3) is 0 Å². The Morgan fingerprint density at radius 3 is 3.09 bits per heavy atom. The highest BCUT2D eigenvalue weighted by atomic mass is 16.6. The molecule has 0 saturated carbocycles. The van der Waals surface area contributed by atoms with Crippen molar-refractivity contribution in [3.8, 4) is 0 Å². The van der Waals surface area contributed by atoms with Gasteiger partial charge in [-0.15, -0.1) is 6.58 Å². The van der Waals surface area contributed by atoms with E-state index in [0.717, 1.165) is 0 Å². The number of aliphatic hydroxyl groups excluding tert-OH is 1. The molecule has 1 aliphatic heterocycles. The number of hydrogen-bond donors (Lipinski definition) is 1. The maximum absolute atomic E-state index is 10.6. The van der Waals surface area contributed by atoms with Gasteiger partial charge in [0.2, 0.25) is 0 Å². The molecule has 1 heterocycles. The Balaban J connectivity index is 2.36. The average molecular weight is 156 g/mol. The number of carbonyl (C=O) groups excluding carboxylic acids is 1. The van der Waals surface area contributed by atoms with Gasteiger partial charge in [0, 0.05) is 6.42 Å². The van der Waals surface area contributed by atoms with Gasteiger partial charge in [0.15, 0.2) is 0 Å². The van der Waals surface area contributed by atoms with Crippen LogP contribution >= 0.6 is 0 Å². The molecule has 3 nitrogen and oxygen atoms in total. The molecule has 0 aliphatic carbocycles. The van der Waals surface area contributed by atoms with E-state index in [1.807, 2.05) is 0 Å². The SMILES string of the molecule is C=CC[C@H](O)[C@@H]1CCC(=O)O1. The predicted molar refractivity (Wildman–Crippen MR) is 39.9 cm³/mol. The summed E-state index contributed by atoms with van der Waals surface area (Å²) >= 11 is 0. The Bertz CT molecular complexity index is 165. The van der Waals surface area contributed by atoms with Gasteiger partial charge in [-0.1, -0.05) is 6.08 Å². The average Bonchev–Trinajstić information content (AvgIpc) is 2.36. The van der Waals surface area contributed by atoms with E-state index in [9.17, 15) is 9.90 Å². The number of hydrogen-bond acceptors (Lipinski definition) is 3. The summed E-state index contributed by atoms with van der Waals surface area (Å²) in [6, 6.07) is 0. The van der Waals surface area contributed by atoms with Crippen LogP contribution in [0.1, 0.15) is 19.3 Å². The molecule has 11 heavy (non-hydrogen) atoms. The highest BCUT2D eigenvalue weighted by molar-refractivity contribution is 5.71. The highest BCUT2D eigenvalue weighted by Crippen LogP contribution is 2.18. The third kappa shape index (κ3) is 2.05. The summed E-state index contributed by atoms with van der Waals surface area (Å²) in [4.78, 5) is 10.6. The van der Waals surface area contributed by atoms with Crippen LogP contribution in [0.2, 0.25) is 0 Å². The van der Waals surface area contributed by atoms with Gasteiger partial charge in [0.1, 0.15) is 6.10 Å². The van der Waals surface area contributed by atoms with Crippen LogP contribution in [0.15, 0.2) is 12.7 Å². The first-order chi connectivity index (χ1) is 5.24. The Hall–Kier alpha value is -0.830. The van der Waals surface area contributed by atoms with E-state index < -0.39 is 6.10 Å². The zero-order valence-electron chi connectivity index (χ0n) is 6.32. The molecule has 0 amide bonds. The smallest absolute Gasteiger partial charge is 0.306 e. The van der Waals surface area contributed by atoms with Crippen molar-refractivity contribution in [1.29, 1.82) is 0 Å². The summed E-state index contributed by atoms with van der Waals surface area (Å²) in [6.07, 6.45) is 2.29. The van der Waals surface area contributed by atoms with Crippen LogP contribution in [0.3, 0.4) is 0 Å². The number of carbonyl (C=O) groups is 1. The third-order valence-electron chi connectivity index (χ3n) is 1.75. The molecule has 0 aromatic rings. The van der Waals surface area contributed by atoms with Crippen molar-refractivity contribution in [2.24, 2.45) is 0 Å². The van der Waals surface area contributed by atoms with E-state index in [0.29, 0.717) is 19.3 Å². The minimum Gasteiger partial charge on any atom is -0.460 e. The topological polar surface area (TPSA) is 46.5 Å². The molecule has 1 N–H and O–H groups in total. The maximum atomic E-state index is 10.6. The lowest BCUT2D eigenvalue weighted by atomic mass is 10.1. The zero-order chi connectivity index (χ0) is 8.27. The normalized spacial score (nSPS) is 26.3. The first kappa shape index (κ1) is 8.27. The van der Waals surface area contributed by atoms with Crippen molar-refractivity contribution in [2.45, 2.75) is 31.5 Å². The van der Waals surface area contributed by atoms with Crippen LogP contribution in [0.4, 0.5) is 0 Å². The summed E-state index contributed by atoms with van der Waals surface area (Å²) in [5, 5.41) is 9.32. The molecule has 1 aliphatic rings. The van der Waals surface area contributed by atoms with Gasteiger partial charge >= 0.3 is 5.97 Å². The number of aliphatic hydroxyl groups is 1. The summed E-state index contributed by atoms with van der Waals surface area (Å²) < 4.78 is 4.84. The second-order valence-electron chi connectivity index (χ2n) is 2.66. The summed E-state index contributed by atoms with van der Waals surface area (Å²) in [5.41, 5.74) is 0. The quantitative estimate of drug-likeness (QED) is 0.481. The van der Waals surface area contributed by atoms with Crippen LogP contribution in [-0.4, -0.2) is 23.3 Å². The summed E-state index contributed by atoms with van der Waals surface area (Å²) in [7, 11) is 0. The van der Waals surface area contributed by atoms with Gasteiger partial charge in [-0.2, -0.15) is 0 Å². The fourth-order valence-corrected chi connectivity index (χ4v) is 1.14. The number of esters is 1. The molecule has 0 bridgehead atoms. The van der Waals surface area contributed by atoms with Gasteiger partial charge in [-0.3, -0.25) is 4.79 Å². The van der Waals surface area contributed by atoms with E-state index >= 15 is 0 Å². The molecular formula is C8H12O3. The Morgan fingerprint density at radius 2 is 2.64 bits per heavy atom. The molecule has 62 valence electrons. The first-order valence-corrected chi connectivity index (χ1v) is 3.72. The lowest BCUT2D eigenvalue weighted by Crippen LogP contribution is -2.24. The molecule has 0 aromatic heterocycles. The van der Waals surface area contributed by atoms with Gasteiger partial charge in [0.05, 0.1) is 6.10 Å². The molecular weight excluding hydrogens is 144 g/mol. The lowest BCUT2D eigenvalue weighted by Gasteiger charge is -2.14.